The summed E-state index contributed by atoms with van der Waals surface area (Å²) < 4.78 is 1.70. The number of aromatic nitrogens is 5. The lowest BCUT2D eigenvalue weighted by Crippen LogP contribution is -2.14. The predicted molar refractivity (Wildman–Crippen MR) is 45.6 cm³/mol. The normalized spacial score (nSPS) is 13.1. The van der Waals surface area contributed by atoms with E-state index < -0.39 is 0 Å². The summed E-state index contributed by atoms with van der Waals surface area (Å²) in [7, 11) is 1.84. The van der Waals surface area contributed by atoms with Crippen LogP contribution in [0.1, 0.15) is 17.6 Å². The van der Waals surface area contributed by atoms with Crippen LogP contribution >= 0.6 is 0 Å². The molecule has 0 aliphatic heterocycles. The van der Waals surface area contributed by atoms with Gasteiger partial charge in [-0.15, -0.1) is 0 Å². The van der Waals surface area contributed by atoms with Crippen LogP contribution in [-0.2, 0) is 7.05 Å². The molecule has 6 heteroatoms. The molecule has 2 aromatic rings. The Kier molecular flexibility index (Phi) is 1.82. The van der Waals surface area contributed by atoms with E-state index in [4.69, 9.17) is 5.73 Å². The predicted octanol–water partition coefficient (Wildman–Crippen LogP) is -0.414. The topological polar surface area (TPSA) is 85.4 Å². The van der Waals surface area contributed by atoms with Gasteiger partial charge in [-0.25, -0.2) is 4.98 Å². The Morgan fingerprint density at radius 2 is 2.46 bits per heavy atom. The molecule has 0 radical (unpaired) electrons. The van der Waals surface area contributed by atoms with Crippen LogP contribution in [0.25, 0.3) is 0 Å². The van der Waals surface area contributed by atoms with Crippen molar-refractivity contribution < 1.29 is 0 Å². The second-order valence-corrected chi connectivity index (χ2v) is 2.76. The molecule has 0 aromatic carbocycles. The Labute approximate surface area is 74.8 Å². The molecule has 2 heterocycles. The van der Waals surface area contributed by atoms with Crippen LogP contribution in [0.3, 0.4) is 0 Å². The van der Waals surface area contributed by atoms with E-state index in [0.29, 0.717) is 5.82 Å². The lowest BCUT2D eigenvalue weighted by atomic mass is 10.2. The molecule has 2 rings (SSSR count). The molecule has 0 saturated heterocycles. The fourth-order valence-electron chi connectivity index (χ4n) is 1.10. The maximum Gasteiger partial charge on any atom is 0.147 e. The maximum absolute atomic E-state index is 5.86. The average molecular weight is 178 g/mol. The minimum atomic E-state index is -0.330. The number of aromatic amines is 1. The van der Waals surface area contributed by atoms with Crippen molar-refractivity contribution in [2.75, 3.05) is 0 Å². The molecule has 6 nitrogen and oxygen atoms in total. The van der Waals surface area contributed by atoms with Crippen molar-refractivity contribution in [1.82, 2.24) is 25.0 Å². The van der Waals surface area contributed by atoms with E-state index in [1.807, 2.05) is 19.3 Å². The Hall–Kier alpha value is -1.69. The molecule has 0 aliphatic carbocycles. The number of hydrogen-bond donors (Lipinski definition) is 2. The van der Waals surface area contributed by atoms with E-state index in [1.54, 1.807) is 4.68 Å². The van der Waals surface area contributed by atoms with E-state index in [9.17, 15) is 0 Å². The third kappa shape index (κ3) is 1.43. The van der Waals surface area contributed by atoms with Crippen molar-refractivity contribution in [3.63, 3.8) is 0 Å². The van der Waals surface area contributed by atoms with Gasteiger partial charge in [-0.05, 0) is 6.07 Å². The molecule has 3 N–H and O–H groups in total. The Balaban J connectivity index is 2.28. The lowest BCUT2D eigenvalue weighted by Gasteiger charge is -2.02. The van der Waals surface area contributed by atoms with Gasteiger partial charge in [0.25, 0.3) is 0 Å². The molecule has 0 spiro atoms. The summed E-state index contributed by atoms with van der Waals surface area (Å²) in [5.41, 5.74) is 6.64. The highest BCUT2D eigenvalue weighted by atomic mass is 15.3. The zero-order chi connectivity index (χ0) is 9.26. The summed E-state index contributed by atoms with van der Waals surface area (Å²) in [5, 5.41) is 10.6. The Morgan fingerprint density at radius 1 is 1.62 bits per heavy atom. The number of nitrogens with one attached hydrogen (secondary N) is 1. The highest BCUT2D eigenvalue weighted by Gasteiger charge is 2.13. The summed E-state index contributed by atoms with van der Waals surface area (Å²) in [5.74, 6) is 0.624. The first-order valence-electron chi connectivity index (χ1n) is 3.88. The molecule has 0 aliphatic rings. The monoisotopic (exact) mass is 178 g/mol. The maximum atomic E-state index is 5.86. The summed E-state index contributed by atoms with van der Waals surface area (Å²) in [6, 6.07) is 1.52. The quantitative estimate of drug-likeness (QED) is 0.654. The molecule has 2 aromatic heterocycles. The van der Waals surface area contributed by atoms with Gasteiger partial charge in [0, 0.05) is 13.2 Å². The summed E-state index contributed by atoms with van der Waals surface area (Å²) in [4.78, 5) is 3.96. The number of hydrogen-bond acceptors (Lipinski definition) is 4. The molecule has 0 amide bonds. The number of rotatable bonds is 2. The standard InChI is InChI=1S/C7H10N6/c1-13-3-2-5(12-13)6(8)7-9-4-10-11-7/h2-4,6H,8H2,1H3,(H,9,10,11). The van der Waals surface area contributed by atoms with Crippen molar-refractivity contribution in [2.24, 2.45) is 12.8 Å². The zero-order valence-corrected chi connectivity index (χ0v) is 7.18. The molecular weight excluding hydrogens is 168 g/mol. The molecular formula is C7H10N6. The van der Waals surface area contributed by atoms with Gasteiger partial charge in [0.1, 0.15) is 18.2 Å². The number of H-pyrrole nitrogens is 1. The van der Waals surface area contributed by atoms with E-state index in [-0.39, 0.29) is 6.04 Å². The molecule has 1 unspecified atom stereocenters. The molecule has 0 saturated carbocycles. The molecule has 0 bridgehead atoms. The van der Waals surface area contributed by atoms with E-state index in [1.165, 1.54) is 6.33 Å². The lowest BCUT2D eigenvalue weighted by molar-refractivity contribution is 0.695. The zero-order valence-electron chi connectivity index (χ0n) is 7.18. The van der Waals surface area contributed by atoms with Gasteiger partial charge >= 0.3 is 0 Å². The van der Waals surface area contributed by atoms with Gasteiger partial charge in [0.15, 0.2) is 0 Å². The average Bonchev–Trinajstić information content (AvgIpc) is 2.72. The first kappa shape index (κ1) is 7.93. The third-order valence-electron chi connectivity index (χ3n) is 1.78. The summed E-state index contributed by atoms with van der Waals surface area (Å²) in [6.07, 6.45) is 3.27. The molecule has 0 fully saturated rings. The van der Waals surface area contributed by atoms with Crippen LogP contribution in [0.5, 0.6) is 0 Å². The second-order valence-electron chi connectivity index (χ2n) is 2.76. The van der Waals surface area contributed by atoms with Crippen molar-refractivity contribution >= 4 is 0 Å². The third-order valence-corrected chi connectivity index (χ3v) is 1.78. The number of nitrogens with two attached hydrogens (primary N) is 1. The van der Waals surface area contributed by atoms with Crippen LogP contribution in [0.15, 0.2) is 18.6 Å². The fourth-order valence-corrected chi connectivity index (χ4v) is 1.10. The smallest absolute Gasteiger partial charge is 0.147 e. The number of aryl methyl sites for hydroxylation is 1. The fraction of sp³-hybridized carbons (Fsp3) is 0.286. The van der Waals surface area contributed by atoms with Crippen LogP contribution in [0.4, 0.5) is 0 Å². The molecule has 1 atom stereocenters. The largest absolute Gasteiger partial charge is 0.316 e. The van der Waals surface area contributed by atoms with Crippen molar-refractivity contribution in [3.8, 4) is 0 Å². The van der Waals surface area contributed by atoms with Gasteiger partial charge < -0.3 is 5.73 Å². The van der Waals surface area contributed by atoms with Gasteiger partial charge in [0.05, 0.1) is 5.69 Å². The molecule has 13 heavy (non-hydrogen) atoms. The highest BCUT2D eigenvalue weighted by molar-refractivity contribution is 5.13. The molecule has 68 valence electrons. The highest BCUT2D eigenvalue weighted by Crippen LogP contribution is 2.11. The van der Waals surface area contributed by atoms with Gasteiger partial charge in [-0.1, -0.05) is 0 Å². The van der Waals surface area contributed by atoms with Crippen molar-refractivity contribution in [3.05, 3.63) is 30.1 Å². The van der Waals surface area contributed by atoms with E-state index >= 15 is 0 Å². The SMILES string of the molecule is Cn1ccc(C(N)c2ncn[nH]2)n1. The minimum absolute atomic E-state index is 0.330. The Morgan fingerprint density at radius 3 is 3.00 bits per heavy atom. The van der Waals surface area contributed by atoms with Crippen LogP contribution in [0, 0.1) is 0 Å². The second kappa shape index (κ2) is 2.98. The summed E-state index contributed by atoms with van der Waals surface area (Å²) >= 11 is 0. The van der Waals surface area contributed by atoms with Gasteiger partial charge in [-0.3, -0.25) is 9.78 Å². The van der Waals surface area contributed by atoms with E-state index in [0.717, 1.165) is 5.69 Å². The van der Waals surface area contributed by atoms with E-state index in [2.05, 4.69) is 20.3 Å². The Bertz CT molecular complexity index is 375. The van der Waals surface area contributed by atoms with Gasteiger partial charge in [0.2, 0.25) is 0 Å². The minimum Gasteiger partial charge on any atom is -0.316 e. The van der Waals surface area contributed by atoms with Gasteiger partial charge in [-0.2, -0.15) is 10.2 Å². The van der Waals surface area contributed by atoms with Crippen LogP contribution in [0.2, 0.25) is 0 Å². The summed E-state index contributed by atoms with van der Waals surface area (Å²) in [6.45, 7) is 0. The van der Waals surface area contributed by atoms with Crippen molar-refractivity contribution in [2.45, 2.75) is 6.04 Å². The first-order chi connectivity index (χ1) is 6.27. The van der Waals surface area contributed by atoms with Crippen molar-refractivity contribution in [1.29, 1.82) is 0 Å². The van der Waals surface area contributed by atoms with Crippen LogP contribution in [-0.4, -0.2) is 25.0 Å². The number of nitrogens with zero attached hydrogens (tertiary/aromatic N) is 4. The van der Waals surface area contributed by atoms with Crippen LogP contribution < -0.4 is 5.73 Å². The first-order valence-corrected chi connectivity index (χ1v) is 3.88.